The van der Waals surface area contributed by atoms with Crippen molar-refractivity contribution in [2.24, 2.45) is 5.92 Å². The molecule has 3 amide bonds. The SMILES string of the molecule is CC(C)[C@@H](C(=O)O[C@H](C)C(=O)Nc1ccccc1F)N1C(=O)c2ccccc2C1=O. The lowest BCUT2D eigenvalue weighted by Gasteiger charge is -2.28. The molecule has 0 saturated heterocycles. The largest absolute Gasteiger partial charge is 0.451 e. The van der Waals surface area contributed by atoms with Gasteiger partial charge in [0.1, 0.15) is 11.9 Å². The number of fused-ring (bicyclic) bond motifs is 1. The minimum absolute atomic E-state index is 0.0499. The van der Waals surface area contributed by atoms with Gasteiger partial charge in [0.25, 0.3) is 17.7 Å². The standard InChI is InChI=1S/C22H21FN2O5/c1-12(2)18(25-20(27)14-8-4-5-9-15(14)21(25)28)22(29)30-13(3)19(26)24-17-11-7-6-10-16(17)23/h4-13,18H,1-3H3,(H,24,26)/t13-,18+/m1/s1. The fourth-order valence-corrected chi connectivity index (χ4v) is 3.23. The maximum Gasteiger partial charge on any atom is 0.330 e. The molecule has 8 heteroatoms. The van der Waals surface area contributed by atoms with Gasteiger partial charge in [-0.2, -0.15) is 0 Å². The molecule has 0 aromatic heterocycles. The van der Waals surface area contributed by atoms with Gasteiger partial charge >= 0.3 is 5.97 Å². The van der Waals surface area contributed by atoms with E-state index in [0.29, 0.717) is 0 Å². The van der Waals surface area contributed by atoms with E-state index in [1.165, 1.54) is 37.3 Å². The number of nitrogens with zero attached hydrogens (tertiary/aromatic N) is 1. The Balaban J connectivity index is 1.75. The Kier molecular flexibility index (Phi) is 5.96. The first-order valence-corrected chi connectivity index (χ1v) is 9.45. The van der Waals surface area contributed by atoms with Crippen molar-refractivity contribution in [2.75, 3.05) is 5.32 Å². The van der Waals surface area contributed by atoms with Crippen LogP contribution < -0.4 is 5.32 Å². The maximum atomic E-state index is 13.7. The molecule has 0 bridgehead atoms. The highest BCUT2D eigenvalue weighted by molar-refractivity contribution is 6.22. The number of amides is 3. The van der Waals surface area contributed by atoms with Crippen LogP contribution in [0.3, 0.4) is 0 Å². The number of hydrogen-bond acceptors (Lipinski definition) is 5. The van der Waals surface area contributed by atoms with Crippen molar-refractivity contribution in [2.45, 2.75) is 32.9 Å². The molecule has 2 atom stereocenters. The van der Waals surface area contributed by atoms with Crippen LogP contribution in [0.2, 0.25) is 0 Å². The molecule has 2 aromatic rings. The summed E-state index contributed by atoms with van der Waals surface area (Å²) in [7, 11) is 0. The number of ether oxygens (including phenoxy) is 1. The second-order valence-corrected chi connectivity index (χ2v) is 7.26. The van der Waals surface area contributed by atoms with Crippen LogP contribution in [0.4, 0.5) is 10.1 Å². The summed E-state index contributed by atoms with van der Waals surface area (Å²) in [5.74, 6) is -3.89. The van der Waals surface area contributed by atoms with Gasteiger partial charge < -0.3 is 10.1 Å². The second-order valence-electron chi connectivity index (χ2n) is 7.26. The normalized spacial score (nSPS) is 15.0. The number of rotatable bonds is 6. The number of benzene rings is 2. The molecule has 7 nitrogen and oxygen atoms in total. The average Bonchev–Trinajstić information content (AvgIpc) is 2.95. The summed E-state index contributed by atoms with van der Waals surface area (Å²) in [5.41, 5.74) is 0.378. The van der Waals surface area contributed by atoms with Gasteiger partial charge in [-0.05, 0) is 37.1 Å². The molecule has 156 valence electrons. The Morgan fingerprint density at radius 1 is 0.933 bits per heavy atom. The lowest BCUT2D eigenvalue weighted by atomic mass is 10.0. The molecule has 0 aliphatic carbocycles. The van der Waals surface area contributed by atoms with Crippen molar-refractivity contribution in [3.63, 3.8) is 0 Å². The van der Waals surface area contributed by atoms with Gasteiger partial charge in [-0.3, -0.25) is 19.3 Å². The first kappa shape index (κ1) is 21.2. The Hall–Kier alpha value is -3.55. The van der Waals surface area contributed by atoms with Gasteiger partial charge in [-0.15, -0.1) is 0 Å². The van der Waals surface area contributed by atoms with Crippen LogP contribution in [0.15, 0.2) is 48.5 Å². The third kappa shape index (κ3) is 3.94. The van der Waals surface area contributed by atoms with E-state index < -0.39 is 47.6 Å². The monoisotopic (exact) mass is 412 g/mol. The van der Waals surface area contributed by atoms with Gasteiger partial charge in [-0.25, -0.2) is 9.18 Å². The van der Waals surface area contributed by atoms with E-state index in [2.05, 4.69) is 5.32 Å². The average molecular weight is 412 g/mol. The van der Waals surface area contributed by atoms with Crippen LogP contribution in [-0.4, -0.2) is 40.7 Å². The van der Waals surface area contributed by atoms with Crippen LogP contribution in [-0.2, 0) is 14.3 Å². The zero-order chi connectivity index (χ0) is 22.0. The van der Waals surface area contributed by atoms with Crippen LogP contribution in [0.5, 0.6) is 0 Å². The molecule has 3 rings (SSSR count). The van der Waals surface area contributed by atoms with Crippen molar-refractivity contribution in [3.8, 4) is 0 Å². The Morgan fingerprint density at radius 2 is 1.47 bits per heavy atom. The summed E-state index contributed by atoms with van der Waals surface area (Å²) in [4.78, 5) is 51.5. The third-order valence-electron chi connectivity index (χ3n) is 4.77. The van der Waals surface area contributed by atoms with Crippen LogP contribution in [0.1, 0.15) is 41.5 Å². The summed E-state index contributed by atoms with van der Waals surface area (Å²) in [6, 6.07) is 10.7. The molecule has 2 aromatic carbocycles. The zero-order valence-corrected chi connectivity index (χ0v) is 16.7. The first-order chi connectivity index (χ1) is 14.2. The molecule has 30 heavy (non-hydrogen) atoms. The molecule has 0 saturated carbocycles. The summed E-state index contributed by atoms with van der Waals surface area (Å²) in [5, 5.41) is 2.35. The first-order valence-electron chi connectivity index (χ1n) is 9.45. The van der Waals surface area contributed by atoms with Crippen LogP contribution in [0, 0.1) is 11.7 Å². The Labute approximate surface area is 172 Å². The van der Waals surface area contributed by atoms with Crippen molar-refractivity contribution in [1.82, 2.24) is 4.90 Å². The van der Waals surface area contributed by atoms with Crippen molar-refractivity contribution in [1.29, 1.82) is 0 Å². The molecule has 1 aliphatic rings. The minimum Gasteiger partial charge on any atom is -0.451 e. The molecule has 0 unspecified atom stereocenters. The van der Waals surface area contributed by atoms with E-state index in [1.807, 2.05) is 0 Å². The summed E-state index contributed by atoms with van der Waals surface area (Å²) < 4.78 is 19.0. The second kappa shape index (κ2) is 8.44. The third-order valence-corrected chi connectivity index (χ3v) is 4.77. The lowest BCUT2D eigenvalue weighted by Crippen LogP contribution is -2.50. The van der Waals surface area contributed by atoms with Gasteiger partial charge in [-0.1, -0.05) is 38.1 Å². The number of anilines is 1. The Bertz CT molecular complexity index is 985. The number of imide groups is 1. The predicted octanol–water partition coefficient (Wildman–Crippen LogP) is 3.02. The van der Waals surface area contributed by atoms with E-state index in [0.717, 1.165) is 4.90 Å². The molecule has 0 radical (unpaired) electrons. The van der Waals surface area contributed by atoms with Crippen molar-refractivity contribution in [3.05, 3.63) is 65.5 Å². The van der Waals surface area contributed by atoms with Crippen molar-refractivity contribution < 1.29 is 28.3 Å². The highest BCUT2D eigenvalue weighted by Crippen LogP contribution is 2.28. The number of esters is 1. The van der Waals surface area contributed by atoms with Gasteiger partial charge in [0.2, 0.25) is 0 Å². The minimum atomic E-state index is -1.27. The van der Waals surface area contributed by atoms with E-state index in [9.17, 15) is 23.6 Å². The number of carbonyl (C=O) groups is 4. The molecular formula is C22H21FN2O5. The van der Waals surface area contributed by atoms with Gasteiger partial charge in [0, 0.05) is 0 Å². The zero-order valence-electron chi connectivity index (χ0n) is 16.7. The number of para-hydroxylation sites is 1. The maximum absolute atomic E-state index is 13.7. The summed E-state index contributed by atoms with van der Waals surface area (Å²) in [6.07, 6.45) is -1.27. The van der Waals surface area contributed by atoms with Crippen LogP contribution in [0.25, 0.3) is 0 Å². The molecule has 0 fully saturated rings. The number of halogens is 1. The smallest absolute Gasteiger partial charge is 0.330 e. The highest BCUT2D eigenvalue weighted by atomic mass is 19.1. The number of nitrogens with one attached hydrogen (secondary N) is 1. The molecule has 1 N–H and O–H groups in total. The predicted molar refractivity (Wildman–Crippen MR) is 106 cm³/mol. The molecule has 0 spiro atoms. The van der Waals surface area contributed by atoms with Gasteiger partial charge in [0.15, 0.2) is 6.10 Å². The highest BCUT2D eigenvalue weighted by Gasteiger charge is 2.45. The quantitative estimate of drug-likeness (QED) is 0.582. The molecule has 1 heterocycles. The fourth-order valence-electron chi connectivity index (χ4n) is 3.23. The fraction of sp³-hybridized carbons (Fsp3) is 0.273. The topological polar surface area (TPSA) is 92.8 Å². The molecule has 1 aliphatic heterocycles. The Morgan fingerprint density at radius 3 is 2.00 bits per heavy atom. The van der Waals surface area contributed by atoms with E-state index in [4.69, 9.17) is 4.74 Å². The molecular weight excluding hydrogens is 391 g/mol. The van der Waals surface area contributed by atoms with Gasteiger partial charge in [0.05, 0.1) is 16.8 Å². The van der Waals surface area contributed by atoms with E-state index >= 15 is 0 Å². The number of hydrogen-bond donors (Lipinski definition) is 1. The lowest BCUT2D eigenvalue weighted by molar-refractivity contribution is -0.158. The summed E-state index contributed by atoms with van der Waals surface area (Å²) >= 11 is 0. The van der Waals surface area contributed by atoms with E-state index in [1.54, 1.807) is 32.0 Å². The van der Waals surface area contributed by atoms with Crippen molar-refractivity contribution >= 4 is 29.4 Å². The van der Waals surface area contributed by atoms with E-state index in [-0.39, 0.29) is 16.8 Å². The van der Waals surface area contributed by atoms with Crippen LogP contribution >= 0.6 is 0 Å². The number of carbonyl (C=O) groups excluding carboxylic acids is 4. The summed E-state index contributed by atoms with van der Waals surface area (Å²) in [6.45, 7) is 4.66.